The number of anilines is 1. The summed E-state index contributed by atoms with van der Waals surface area (Å²) >= 11 is 1.66. The normalized spacial score (nSPS) is 10.3. The highest BCUT2D eigenvalue weighted by Gasteiger charge is 2.01. The van der Waals surface area contributed by atoms with Gasteiger partial charge in [-0.15, -0.1) is 11.3 Å². The summed E-state index contributed by atoms with van der Waals surface area (Å²) in [6, 6.07) is 4.01. The van der Waals surface area contributed by atoms with E-state index in [0.29, 0.717) is 12.5 Å². The summed E-state index contributed by atoms with van der Waals surface area (Å²) in [4.78, 5) is 1.19. The Bertz CT molecular complexity index is 352. The molecule has 0 aliphatic heterocycles. The number of rotatable bonds is 2. The Morgan fingerprint density at radius 3 is 3.08 bits per heavy atom. The number of aromatic nitrogens is 4. The van der Waals surface area contributed by atoms with Crippen molar-refractivity contribution in [3.63, 3.8) is 0 Å². The van der Waals surface area contributed by atoms with Gasteiger partial charge in [0.05, 0.1) is 6.54 Å². The quantitative estimate of drug-likeness (QED) is 0.726. The van der Waals surface area contributed by atoms with Gasteiger partial charge < -0.3 is 5.73 Å². The zero-order valence-electron chi connectivity index (χ0n) is 6.21. The van der Waals surface area contributed by atoms with Crippen molar-refractivity contribution in [1.29, 1.82) is 0 Å². The minimum Gasteiger partial charge on any atom is -0.367 e. The molecule has 0 fully saturated rings. The zero-order valence-corrected chi connectivity index (χ0v) is 7.03. The molecule has 0 aliphatic rings. The summed E-state index contributed by atoms with van der Waals surface area (Å²) in [6.45, 7) is 0.649. The second-order valence-corrected chi connectivity index (χ2v) is 3.31. The summed E-state index contributed by atoms with van der Waals surface area (Å²) in [5, 5.41) is 12.8. The number of thiophene rings is 1. The molecule has 0 aromatic carbocycles. The van der Waals surface area contributed by atoms with Gasteiger partial charge in [0.2, 0.25) is 5.95 Å². The predicted octanol–water partition coefficient (Wildman–Crippen LogP) is 0.365. The molecule has 2 rings (SSSR count). The third-order valence-corrected chi connectivity index (χ3v) is 2.31. The predicted molar refractivity (Wildman–Crippen MR) is 45.7 cm³/mol. The summed E-state index contributed by atoms with van der Waals surface area (Å²) < 4.78 is 1.56. The van der Waals surface area contributed by atoms with Crippen LogP contribution in [0.5, 0.6) is 0 Å². The molecule has 0 aliphatic carbocycles. The van der Waals surface area contributed by atoms with Crippen LogP contribution in [-0.4, -0.2) is 20.2 Å². The van der Waals surface area contributed by atoms with Crippen molar-refractivity contribution in [2.45, 2.75) is 6.54 Å². The van der Waals surface area contributed by atoms with E-state index in [9.17, 15) is 0 Å². The second-order valence-electron chi connectivity index (χ2n) is 2.27. The Morgan fingerprint density at radius 1 is 1.58 bits per heavy atom. The third kappa shape index (κ3) is 1.28. The van der Waals surface area contributed by atoms with Crippen LogP contribution in [0.1, 0.15) is 4.88 Å². The van der Waals surface area contributed by atoms with Crippen molar-refractivity contribution < 1.29 is 0 Å². The zero-order chi connectivity index (χ0) is 8.39. The fourth-order valence-corrected chi connectivity index (χ4v) is 1.56. The molecule has 12 heavy (non-hydrogen) atoms. The third-order valence-electron chi connectivity index (χ3n) is 1.45. The lowest BCUT2D eigenvalue weighted by atomic mass is 10.5. The van der Waals surface area contributed by atoms with Crippen LogP contribution in [0.4, 0.5) is 5.95 Å². The average molecular weight is 181 g/mol. The smallest absolute Gasteiger partial charge is 0.240 e. The number of nitrogens with two attached hydrogens (primary N) is 1. The van der Waals surface area contributed by atoms with Gasteiger partial charge in [-0.1, -0.05) is 11.2 Å². The van der Waals surface area contributed by atoms with Crippen LogP contribution >= 0.6 is 11.3 Å². The molecule has 5 nitrogen and oxygen atoms in total. The van der Waals surface area contributed by atoms with E-state index >= 15 is 0 Å². The molecule has 2 aromatic heterocycles. The maximum atomic E-state index is 5.49. The maximum absolute atomic E-state index is 5.49. The lowest BCUT2D eigenvalue weighted by molar-refractivity contribution is 0.661. The van der Waals surface area contributed by atoms with Crippen LogP contribution in [-0.2, 0) is 6.54 Å². The molecule has 0 saturated heterocycles. The van der Waals surface area contributed by atoms with E-state index in [1.165, 1.54) is 4.88 Å². The fourth-order valence-electron chi connectivity index (χ4n) is 0.874. The van der Waals surface area contributed by atoms with E-state index in [4.69, 9.17) is 5.73 Å². The largest absolute Gasteiger partial charge is 0.367 e. The molecule has 0 spiro atoms. The van der Waals surface area contributed by atoms with Gasteiger partial charge in [-0.3, -0.25) is 0 Å². The van der Waals surface area contributed by atoms with E-state index in [-0.39, 0.29) is 0 Å². The van der Waals surface area contributed by atoms with E-state index in [1.54, 1.807) is 16.0 Å². The Balaban J connectivity index is 2.20. The molecule has 0 radical (unpaired) electrons. The van der Waals surface area contributed by atoms with E-state index < -0.39 is 0 Å². The first-order chi connectivity index (χ1) is 5.86. The van der Waals surface area contributed by atoms with Crippen LogP contribution in [0.25, 0.3) is 0 Å². The van der Waals surface area contributed by atoms with Gasteiger partial charge in [0.25, 0.3) is 0 Å². The van der Waals surface area contributed by atoms with Gasteiger partial charge in [-0.2, -0.15) is 0 Å². The number of nitrogens with zero attached hydrogens (tertiary/aromatic N) is 4. The van der Waals surface area contributed by atoms with Crippen LogP contribution in [0.15, 0.2) is 17.5 Å². The average Bonchev–Trinajstić information content (AvgIpc) is 2.65. The lowest BCUT2D eigenvalue weighted by Gasteiger charge is -1.96. The Hall–Kier alpha value is -1.43. The van der Waals surface area contributed by atoms with Crippen LogP contribution < -0.4 is 5.73 Å². The lowest BCUT2D eigenvalue weighted by Crippen LogP contribution is -2.05. The standard InChI is InChI=1S/C6H7N5S/c7-6-8-9-10-11(6)4-5-2-1-3-12-5/h1-3H,4H2,(H2,7,8,10). The molecule has 0 bridgehead atoms. The molecule has 2 aromatic rings. The minimum absolute atomic E-state index is 0.350. The van der Waals surface area contributed by atoms with Crippen LogP contribution in [0.3, 0.4) is 0 Å². The van der Waals surface area contributed by atoms with Crippen molar-refractivity contribution in [3.05, 3.63) is 22.4 Å². The summed E-state index contributed by atoms with van der Waals surface area (Å²) in [5.74, 6) is 0.350. The highest BCUT2D eigenvalue weighted by Crippen LogP contribution is 2.10. The summed E-state index contributed by atoms with van der Waals surface area (Å²) in [5.41, 5.74) is 5.49. The van der Waals surface area contributed by atoms with Gasteiger partial charge in [0, 0.05) is 4.88 Å². The highest BCUT2D eigenvalue weighted by molar-refractivity contribution is 7.09. The van der Waals surface area contributed by atoms with Crippen LogP contribution in [0.2, 0.25) is 0 Å². The monoisotopic (exact) mass is 181 g/mol. The molecule has 0 amide bonds. The molecule has 6 heteroatoms. The minimum atomic E-state index is 0.350. The number of nitrogen functional groups attached to an aromatic ring is 1. The van der Waals surface area contributed by atoms with Gasteiger partial charge in [-0.25, -0.2) is 4.68 Å². The van der Waals surface area contributed by atoms with E-state index in [2.05, 4.69) is 15.5 Å². The molecule has 2 heterocycles. The molecule has 0 atom stereocenters. The van der Waals surface area contributed by atoms with Gasteiger partial charge >= 0.3 is 0 Å². The molecule has 0 unspecified atom stereocenters. The van der Waals surface area contributed by atoms with Crippen LogP contribution in [0, 0.1) is 0 Å². The second kappa shape index (κ2) is 2.90. The summed E-state index contributed by atoms with van der Waals surface area (Å²) in [6.07, 6.45) is 0. The Labute approximate surface area is 72.8 Å². The Kier molecular flexibility index (Phi) is 1.75. The number of hydrogen-bond donors (Lipinski definition) is 1. The van der Waals surface area contributed by atoms with Gasteiger partial charge in [-0.05, 0) is 21.9 Å². The van der Waals surface area contributed by atoms with E-state index in [1.807, 2.05) is 17.5 Å². The number of hydrogen-bond acceptors (Lipinski definition) is 5. The molecule has 0 saturated carbocycles. The van der Waals surface area contributed by atoms with Crippen molar-refractivity contribution in [1.82, 2.24) is 20.2 Å². The topological polar surface area (TPSA) is 69.6 Å². The molecular weight excluding hydrogens is 174 g/mol. The Morgan fingerprint density at radius 2 is 2.50 bits per heavy atom. The molecular formula is C6H7N5S. The first-order valence-corrected chi connectivity index (χ1v) is 4.28. The highest BCUT2D eigenvalue weighted by atomic mass is 32.1. The number of tetrazole rings is 1. The molecule has 62 valence electrons. The van der Waals surface area contributed by atoms with Crippen molar-refractivity contribution in [2.75, 3.05) is 5.73 Å². The van der Waals surface area contributed by atoms with E-state index in [0.717, 1.165) is 0 Å². The van der Waals surface area contributed by atoms with Gasteiger partial charge in [0.1, 0.15) is 0 Å². The summed E-state index contributed by atoms with van der Waals surface area (Å²) in [7, 11) is 0. The SMILES string of the molecule is Nc1nnnn1Cc1cccs1. The van der Waals surface area contributed by atoms with Crippen molar-refractivity contribution >= 4 is 17.3 Å². The first-order valence-electron chi connectivity index (χ1n) is 3.40. The molecule has 2 N–H and O–H groups in total. The maximum Gasteiger partial charge on any atom is 0.240 e. The van der Waals surface area contributed by atoms with Gasteiger partial charge in [0.15, 0.2) is 0 Å². The van der Waals surface area contributed by atoms with Crippen molar-refractivity contribution in [2.24, 2.45) is 0 Å². The first kappa shape index (κ1) is 7.23. The fraction of sp³-hybridized carbons (Fsp3) is 0.167. The van der Waals surface area contributed by atoms with Crippen molar-refractivity contribution in [3.8, 4) is 0 Å².